The van der Waals surface area contributed by atoms with Crippen molar-refractivity contribution in [3.8, 4) is 0 Å². The third-order valence-corrected chi connectivity index (χ3v) is 3.96. The van der Waals surface area contributed by atoms with Crippen LogP contribution in [0.3, 0.4) is 0 Å². The Morgan fingerprint density at radius 1 is 0.520 bits per heavy atom. The van der Waals surface area contributed by atoms with Crippen LogP contribution in [0.25, 0.3) is 0 Å². The van der Waals surface area contributed by atoms with E-state index in [-0.39, 0.29) is 58.6 Å². The zero-order valence-electron chi connectivity index (χ0n) is 16.4. The summed E-state index contributed by atoms with van der Waals surface area (Å²) in [5, 5.41) is 30.2. The molecule has 0 aromatic heterocycles. The van der Waals surface area contributed by atoms with Crippen molar-refractivity contribution in [2.75, 3.05) is 0 Å². The third kappa shape index (κ3) is 19.9. The zero-order chi connectivity index (χ0) is 19.7. The Morgan fingerprint density at radius 3 is 0.640 bits per heavy atom. The van der Waals surface area contributed by atoms with Gasteiger partial charge in [-0.3, -0.25) is 0 Å². The molecule has 0 unspecified atom stereocenters. The normalized spacial score (nSPS) is 9.48. The van der Waals surface area contributed by atoms with Crippen LogP contribution in [-0.2, 0) is 14.4 Å². The van der Waals surface area contributed by atoms with E-state index in [1.54, 1.807) is 0 Å². The molecule has 0 N–H and O–H groups in total. The molecule has 6 nitrogen and oxygen atoms in total. The van der Waals surface area contributed by atoms with Gasteiger partial charge in [0.15, 0.2) is 0 Å². The average molecular weight is 490 g/mol. The second-order valence-electron chi connectivity index (χ2n) is 5.50. The van der Waals surface area contributed by atoms with E-state index in [0.29, 0.717) is 38.5 Å². The maximum atomic E-state index is 10.1. The topological polar surface area (TPSA) is 120 Å². The minimum Gasteiger partial charge on any atom is -0.550 e. The van der Waals surface area contributed by atoms with Crippen LogP contribution < -0.4 is 15.3 Å². The Hall–Kier alpha value is -0.239. The van der Waals surface area contributed by atoms with Crippen LogP contribution in [0.4, 0.5) is 0 Å². The number of hydrogen-bond acceptors (Lipinski definition) is 6. The molecule has 0 aromatic rings. The maximum Gasteiger partial charge on any atom is 3.00 e. The summed E-state index contributed by atoms with van der Waals surface area (Å²) >= 11 is 0. The number of carboxylic acid groups (broad SMARTS) is 3. The number of hydrogen-bond donors (Lipinski definition) is 0. The molecule has 0 aliphatic heterocycles. The summed E-state index contributed by atoms with van der Waals surface area (Å²) in [6, 6.07) is 0. The minimum absolute atomic E-state index is 0. The van der Waals surface area contributed by atoms with E-state index in [2.05, 4.69) is 0 Å². The molecule has 0 heterocycles. The third-order valence-electron chi connectivity index (χ3n) is 3.96. The van der Waals surface area contributed by atoms with Crippen molar-refractivity contribution < 1.29 is 70.5 Å². The van der Waals surface area contributed by atoms with Crippen LogP contribution in [0, 0.1) is 58.6 Å². The molecule has 0 atom stereocenters. The van der Waals surface area contributed by atoms with Gasteiger partial charge in [-0.1, -0.05) is 41.5 Å². The smallest absolute Gasteiger partial charge is 0.550 e. The van der Waals surface area contributed by atoms with Crippen molar-refractivity contribution >= 4 is 17.9 Å². The molecule has 0 amide bonds. The van der Waals surface area contributed by atoms with Gasteiger partial charge in [0, 0.05) is 17.9 Å². The molecule has 0 aromatic carbocycles. The van der Waals surface area contributed by atoms with Crippen LogP contribution in [0.1, 0.15) is 80.1 Å². The van der Waals surface area contributed by atoms with E-state index >= 15 is 0 Å². The van der Waals surface area contributed by atoms with Crippen molar-refractivity contribution in [3.05, 3.63) is 0 Å². The van der Waals surface area contributed by atoms with Gasteiger partial charge in [-0.25, -0.2) is 0 Å². The fraction of sp³-hybridized carbons (Fsp3) is 0.833. The molecule has 0 saturated carbocycles. The summed E-state index contributed by atoms with van der Waals surface area (Å²) in [5.41, 5.74) is 0. The monoisotopic (exact) mass is 487 g/mol. The summed E-state index contributed by atoms with van der Waals surface area (Å²) in [6.07, 6.45) is 4.08. The molecule has 1 radical (unpaired) electrons. The number of carboxylic acids is 3. The summed E-state index contributed by atoms with van der Waals surface area (Å²) < 4.78 is 0. The largest absolute Gasteiger partial charge is 3.00 e. The first-order chi connectivity index (χ1) is 11.2. The second-order valence-corrected chi connectivity index (χ2v) is 5.50. The SMILES string of the molecule is CCC(CC)C(=O)[O-].CCC(CC)C(=O)[O-].CCC(CC)C(=O)[O-].[Nd+3]. The van der Waals surface area contributed by atoms with Crippen LogP contribution in [-0.4, -0.2) is 17.9 Å². The first kappa shape index (κ1) is 32.4. The fourth-order valence-corrected chi connectivity index (χ4v) is 1.87. The molecule has 0 spiro atoms. The molecule has 0 aliphatic rings. The number of carbonyl (C=O) groups is 3. The number of aliphatic carboxylic acids is 3. The molecule has 0 bridgehead atoms. The number of carbonyl (C=O) groups excluding carboxylic acids is 3. The zero-order valence-corrected chi connectivity index (χ0v) is 19.6. The number of rotatable bonds is 9. The molecule has 0 aliphatic carbocycles. The van der Waals surface area contributed by atoms with Crippen molar-refractivity contribution in [1.82, 2.24) is 0 Å². The van der Waals surface area contributed by atoms with Gasteiger partial charge >= 0.3 is 40.8 Å². The fourth-order valence-electron chi connectivity index (χ4n) is 1.87. The molecular formula is C18H33NdO6. The molecule has 0 saturated heterocycles. The van der Waals surface area contributed by atoms with Gasteiger partial charge < -0.3 is 29.7 Å². The summed E-state index contributed by atoms with van der Waals surface area (Å²) in [6.45, 7) is 11.1. The molecule has 0 rings (SSSR count). The minimum atomic E-state index is -0.921. The van der Waals surface area contributed by atoms with Gasteiger partial charge in [-0.15, -0.1) is 0 Å². The predicted molar refractivity (Wildman–Crippen MR) is 87.2 cm³/mol. The summed E-state index contributed by atoms with van der Waals surface area (Å²) in [5.74, 6) is -3.49. The van der Waals surface area contributed by atoms with Crippen LogP contribution in [0.15, 0.2) is 0 Å². The van der Waals surface area contributed by atoms with Gasteiger partial charge in [-0.2, -0.15) is 0 Å². The predicted octanol–water partition coefficient (Wildman–Crippen LogP) is 0.518. The molecular weight excluding hydrogens is 456 g/mol. The van der Waals surface area contributed by atoms with Gasteiger partial charge in [0.05, 0.1) is 0 Å². The molecule has 0 fully saturated rings. The van der Waals surface area contributed by atoms with Gasteiger partial charge in [0.2, 0.25) is 0 Å². The standard InChI is InChI=1S/3C6H12O2.Nd/c3*1-3-5(4-2)6(7)8;/h3*5H,3-4H2,1-2H3,(H,7,8);/q;;;+3/p-3. The molecule has 25 heavy (non-hydrogen) atoms. The first-order valence-corrected chi connectivity index (χ1v) is 8.78. The Bertz CT molecular complexity index is 282. The van der Waals surface area contributed by atoms with Crippen molar-refractivity contribution in [3.63, 3.8) is 0 Å². The Balaban J connectivity index is -0.000000130. The van der Waals surface area contributed by atoms with E-state index in [1.807, 2.05) is 41.5 Å². The maximum absolute atomic E-state index is 10.1. The van der Waals surface area contributed by atoms with Crippen LogP contribution in [0.5, 0.6) is 0 Å². The summed E-state index contributed by atoms with van der Waals surface area (Å²) in [4.78, 5) is 30.2. The first-order valence-electron chi connectivity index (χ1n) is 8.78. The van der Waals surface area contributed by atoms with E-state index in [4.69, 9.17) is 0 Å². The Labute approximate surface area is 185 Å². The molecule has 7 heteroatoms. The van der Waals surface area contributed by atoms with E-state index < -0.39 is 17.9 Å². The van der Waals surface area contributed by atoms with Gasteiger partial charge in [0.25, 0.3) is 0 Å². The van der Waals surface area contributed by atoms with Crippen molar-refractivity contribution in [2.45, 2.75) is 80.1 Å². The average Bonchev–Trinajstić information content (AvgIpc) is 2.51. The van der Waals surface area contributed by atoms with E-state index in [1.165, 1.54) is 0 Å². The van der Waals surface area contributed by atoms with E-state index in [0.717, 1.165) is 0 Å². The Kier molecular flexibility index (Phi) is 28.3. The van der Waals surface area contributed by atoms with Gasteiger partial charge in [-0.05, 0) is 56.3 Å². The molecule has 145 valence electrons. The van der Waals surface area contributed by atoms with Crippen molar-refractivity contribution in [1.29, 1.82) is 0 Å². The van der Waals surface area contributed by atoms with Gasteiger partial charge in [0.1, 0.15) is 0 Å². The quantitative estimate of drug-likeness (QED) is 0.466. The Morgan fingerprint density at radius 2 is 0.640 bits per heavy atom. The van der Waals surface area contributed by atoms with Crippen LogP contribution >= 0.6 is 0 Å². The summed E-state index contributed by atoms with van der Waals surface area (Å²) in [7, 11) is 0. The second kappa shape index (κ2) is 21.8. The van der Waals surface area contributed by atoms with Crippen molar-refractivity contribution in [2.24, 2.45) is 17.8 Å². The van der Waals surface area contributed by atoms with E-state index in [9.17, 15) is 29.7 Å². The van der Waals surface area contributed by atoms with Crippen LogP contribution in [0.2, 0.25) is 0 Å².